The Morgan fingerprint density at radius 2 is 1.87 bits per heavy atom. The highest BCUT2D eigenvalue weighted by molar-refractivity contribution is 5.86. The lowest BCUT2D eigenvalue weighted by Gasteiger charge is -2.36. The van der Waals surface area contributed by atoms with Crippen LogP contribution in [-0.2, 0) is 6.54 Å². The van der Waals surface area contributed by atoms with Crippen LogP contribution in [0.25, 0.3) is 10.9 Å². The third-order valence-corrected chi connectivity index (χ3v) is 6.36. The quantitative estimate of drug-likeness (QED) is 0.606. The Morgan fingerprint density at radius 3 is 2.68 bits per heavy atom. The number of hydrogen-bond donors (Lipinski definition) is 0. The van der Waals surface area contributed by atoms with E-state index in [9.17, 15) is 4.79 Å². The molecule has 5 rings (SSSR count). The first-order valence-corrected chi connectivity index (χ1v) is 11.2. The standard InChI is InChI=1S/C23H28N6O2/c30-22-16-24-7-8-29(22)14-11-27-9-12-28(13-10-27)18-5-6-21-20(15-18)23(26-17-25-21)31-19-3-1-2-4-19/h5-8,15-17,19H,1-4,9-14H2. The fourth-order valence-electron chi connectivity index (χ4n) is 4.51. The molecule has 31 heavy (non-hydrogen) atoms. The first kappa shape index (κ1) is 19.9. The molecule has 162 valence electrons. The van der Waals surface area contributed by atoms with Crippen LogP contribution in [0, 0.1) is 0 Å². The second kappa shape index (κ2) is 9.01. The van der Waals surface area contributed by atoms with Crippen molar-refractivity contribution in [3.8, 4) is 5.88 Å². The maximum atomic E-state index is 11.8. The van der Waals surface area contributed by atoms with Gasteiger partial charge in [-0.3, -0.25) is 14.7 Å². The Hall–Kier alpha value is -3.00. The summed E-state index contributed by atoms with van der Waals surface area (Å²) in [6.07, 6.45) is 11.3. The minimum absolute atomic E-state index is 0.0462. The van der Waals surface area contributed by atoms with Gasteiger partial charge in [-0.15, -0.1) is 0 Å². The van der Waals surface area contributed by atoms with Crippen LogP contribution in [0.1, 0.15) is 25.7 Å². The number of nitrogens with zero attached hydrogens (tertiary/aromatic N) is 6. The molecule has 0 radical (unpaired) electrons. The Kier molecular flexibility index (Phi) is 5.80. The molecule has 0 bridgehead atoms. The van der Waals surface area contributed by atoms with Gasteiger partial charge in [0.15, 0.2) is 0 Å². The number of benzene rings is 1. The van der Waals surface area contributed by atoms with E-state index in [1.165, 1.54) is 24.7 Å². The molecule has 3 aromatic rings. The summed E-state index contributed by atoms with van der Waals surface area (Å²) in [5.41, 5.74) is 2.06. The summed E-state index contributed by atoms with van der Waals surface area (Å²) in [4.78, 5) is 29.4. The van der Waals surface area contributed by atoms with Crippen LogP contribution in [0.15, 0.2) is 47.9 Å². The fourth-order valence-corrected chi connectivity index (χ4v) is 4.51. The molecule has 1 saturated heterocycles. The van der Waals surface area contributed by atoms with Gasteiger partial charge in [0.05, 0.1) is 17.1 Å². The SMILES string of the molecule is O=c1cnccn1CCN1CCN(c2ccc3ncnc(OC4CCCC4)c3c2)CC1. The minimum atomic E-state index is -0.0462. The Labute approximate surface area is 181 Å². The monoisotopic (exact) mass is 420 g/mol. The number of rotatable bonds is 6. The second-order valence-electron chi connectivity index (χ2n) is 8.34. The van der Waals surface area contributed by atoms with Gasteiger partial charge in [-0.05, 0) is 43.9 Å². The average Bonchev–Trinajstić information content (AvgIpc) is 3.32. The van der Waals surface area contributed by atoms with E-state index in [0.717, 1.165) is 56.5 Å². The predicted molar refractivity (Wildman–Crippen MR) is 120 cm³/mol. The lowest BCUT2D eigenvalue weighted by molar-refractivity contribution is 0.204. The molecule has 2 fully saturated rings. The second-order valence-corrected chi connectivity index (χ2v) is 8.34. The van der Waals surface area contributed by atoms with E-state index < -0.39 is 0 Å². The molecule has 8 heteroatoms. The predicted octanol–water partition coefficient (Wildman–Crippen LogP) is 2.33. The highest BCUT2D eigenvalue weighted by Gasteiger charge is 2.20. The third kappa shape index (κ3) is 4.54. The van der Waals surface area contributed by atoms with E-state index in [1.807, 2.05) is 0 Å². The molecule has 3 heterocycles. The van der Waals surface area contributed by atoms with E-state index in [4.69, 9.17) is 4.74 Å². The van der Waals surface area contributed by atoms with Crippen LogP contribution in [0.4, 0.5) is 5.69 Å². The molecule has 1 aliphatic carbocycles. The Morgan fingerprint density at radius 1 is 1.03 bits per heavy atom. The Balaban J connectivity index is 1.24. The molecule has 2 aromatic heterocycles. The molecule has 0 N–H and O–H groups in total. The van der Waals surface area contributed by atoms with Gasteiger partial charge < -0.3 is 14.2 Å². The van der Waals surface area contributed by atoms with Gasteiger partial charge in [0, 0.05) is 57.3 Å². The van der Waals surface area contributed by atoms with E-state index in [0.29, 0.717) is 12.4 Å². The van der Waals surface area contributed by atoms with E-state index >= 15 is 0 Å². The van der Waals surface area contributed by atoms with Crippen LogP contribution in [0.2, 0.25) is 0 Å². The zero-order chi connectivity index (χ0) is 21.0. The zero-order valence-corrected chi connectivity index (χ0v) is 17.7. The molecule has 2 aliphatic rings. The first-order chi connectivity index (χ1) is 15.3. The van der Waals surface area contributed by atoms with Crippen molar-refractivity contribution >= 4 is 16.6 Å². The van der Waals surface area contributed by atoms with Crippen molar-refractivity contribution in [3.05, 3.63) is 53.5 Å². The van der Waals surface area contributed by atoms with Gasteiger partial charge in [-0.25, -0.2) is 9.97 Å². The lowest BCUT2D eigenvalue weighted by Crippen LogP contribution is -2.47. The van der Waals surface area contributed by atoms with Gasteiger partial charge in [-0.1, -0.05) is 0 Å². The van der Waals surface area contributed by atoms with Crippen LogP contribution in [0.5, 0.6) is 5.88 Å². The van der Waals surface area contributed by atoms with Crippen molar-refractivity contribution in [2.45, 2.75) is 38.3 Å². The third-order valence-electron chi connectivity index (χ3n) is 6.36. The highest BCUT2D eigenvalue weighted by atomic mass is 16.5. The van der Waals surface area contributed by atoms with Gasteiger partial charge in [0.2, 0.25) is 5.88 Å². The summed E-state index contributed by atoms with van der Waals surface area (Å²) in [5.74, 6) is 0.708. The summed E-state index contributed by atoms with van der Waals surface area (Å²) >= 11 is 0. The molecule has 1 saturated carbocycles. The van der Waals surface area contributed by atoms with Crippen molar-refractivity contribution in [2.24, 2.45) is 0 Å². The molecule has 0 spiro atoms. The van der Waals surface area contributed by atoms with Gasteiger partial charge >= 0.3 is 0 Å². The molecule has 0 unspecified atom stereocenters. The van der Waals surface area contributed by atoms with Crippen LogP contribution >= 0.6 is 0 Å². The largest absolute Gasteiger partial charge is 0.474 e. The van der Waals surface area contributed by atoms with E-state index in [-0.39, 0.29) is 11.7 Å². The highest BCUT2D eigenvalue weighted by Crippen LogP contribution is 2.30. The van der Waals surface area contributed by atoms with Crippen molar-refractivity contribution in [1.29, 1.82) is 0 Å². The molecule has 0 atom stereocenters. The number of anilines is 1. The topological polar surface area (TPSA) is 76.4 Å². The maximum Gasteiger partial charge on any atom is 0.269 e. The number of piperazine rings is 1. The normalized spacial score (nSPS) is 18.0. The lowest BCUT2D eigenvalue weighted by atomic mass is 10.2. The molecular formula is C23H28N6O2. The van der Waals surface area contributed by atoms with Crippen molar-refractivity contribution in [2.75, 3.05) is 37.6 Å². The number of aromatic nitrogens is 4. The molecule has 0 amide bonds. The van der Waals surface area contributed by atoms with Crippen molar-refractivity contribution in [3.63, 3.8) is 0 Å². The maximum absolute atomic E-state index is 11.8. The van der Waals surface area contributed by atoms with E-state index in [2.05, 4.69) is 43.0 Å². The van der Waals surface area contributed by atoms with Crippen molar-refractivity contribution in [1.82, 2.24) is 24.4 Å². The van der Waals surface area contributed by atoms with Gasteiger partial charge in [-0.2, -0.15) is 0 Å². The number of fused-ring (bicyclic) bond motifs is 1. The number of hydrogen-bond acceptors (Lipinski definition) is 7. The minimum Gasteiger partial charge on any atom is -0.474 e. The summed E-state index contributed by atoms with van der Waals surface area (Å²) < 4.78 is 7.94. The molecule has 8 nitrogen and oxygen atoms in total. The van der Waals surface area contributed by atoms with Gasteiger partial charge in [0.25, 0.3) is 5.56 Å². The smallest absolute Gasteiger partial charge is 0.269 e. The Bertz CT molecular complexity index is 1090. The van der Waals surface area contributed by atoms with Crippen molar-refractivity contribution < 1.29 is 4.74 Å². The summed E-state index contributed by atoms with van der Waals surface area (Å²) in [7, 11) is 0. The average molecular weight is 421 g/mol. The van der Waals surface area contributed by atoms with Crippen LogP contribution < -0.4 is 15.2 Å². The molecular weight excluding hydrogens is 392 g/mol. The van der Waals surface area contributed by atoms with E-state index in [1.54, 1.807) is 23.3 Å². The molecule has 1 aliphatic heterocycles. The van der Waals surface area contributed by atoms with Crippen LogP contribution in [-0.4, -0.2) is 63.2 Å². The first-order valence-electron chi connectivity index (χ1n) is 11.2. The van der Waals surface area contributed by atoms with Crippen LogP contribution in [0.3, 0.4) is 0 Å². The van der Waals surface area contributed by atoms with Gasteiger partial charge in [0.1, 0.15) is 12.4 Å². The fraction of sp³-hybridized carbons (Fsp3) is 0.478. The summed E-state index contributed by atoms with van der Waals surface area (Å²) in [6, 6.07) is 6.38. The number of ether oxygens (including phenoxy) is 1. The molecule has 1 aromatic carbocycles. The summed E-state index contributed by atoms with van der Waals surface area (Å²) in [6.45, 7) is 5.38. The zero-order valence-electron chi connectivity index (χ0n) is 17.7. The summed E-state index contributed by atoms with van der Waals surface area (Å²) in [5, 5.41) is 0.992.